The number of carbonyl (C=O) groups excluding carboxylic acids is 1. The van der Waals surface area contributed by atoms with Crippen LogP contribution < -0.4 is 10.0 Å². The summed E-state index contributed by atoms with van der Waals surface area (Å²) >= 11 is 0. The van der Waals surface area contributed by atoms with Gasteiger partial charge in [-0.3, -0.25) is 19.6 Å². The number of aromatic nitrogens is 3. The fourth-order valence-corrected chi connectivity index (χ4v) is 4.33. The quantitative estimate of drug-likeness (QED) is 0.591. The Bertz CT molecular complexity index is 1280. The number of H-pyrrole nitrogens is 1. The normalized spacial score (nSPS) is 16.7. The number of amides is 1. The molecule has 0 radical (unpaired) electrons. The highest BCUT2D eigenvalue weighted by Crippen LogP contribution is 2.25. The van der Waals surface area contributed by atoms with Gasteiger partial charge in [-0.05, 0) is 44.5 Å². The number of amidine groups is 1. The lowest BCUT2D eigenvalue weighted by Crippen LogP contribution is -2.29. The summed E-state index contributed by atoms with van der Waals surface area (Å²) in [7, 11) is -3.66. The molecule has 0 unspecified atom stereocenters. The van der Waals surface area contributed by atoms with E-state index >= 15 is 0 Å². The van der Waals surface area contributed by atoms with Crippen LogP contribution in [-0.2, 0) is 14.8 Å². The first-order chi connectivity index (χ1) is 14.2. The van der Waals surface area contributed by atoms with Crippen LogP contribution in [-0.4, -0.2) is 41.4 Å². The van der Waals surface area contributed by atoms with Crippen LogP contribution in [0.4, 0.5) is 5.69 Å². The Morgan fingerprint density at radius 3 is 2.67 bits per heavy atom. The first-order valence-corrected chi connectivity index (χ1v) is 10.7. The van der Waals surface area contributed by atoms with Crippen LogP contribution in [0.1, 0.15) is 23.9 Å². The first kappa shape index (κ1) is 19.8. The lowest BCUT2D eigenvalue weighted by atomic mass is 10.1. The summed E-state index contributed by atoms with van der Waals surface area (Å²) < 4.78 is 26.8. The molecule has 154 valence electrons. The minimum atomic E-state index is -3.66. The van der Waals surface area contributed by atoms with Crippen molar-refractivity contribution in [1.82, 2.24) is 19.9 Å². The topological polar surface area (TPSA) is 129 Å². The van der Waals surface area contributed by atoms with E-state index in [0.717, 1.165) is 11.1 Å². The maximum absolute atomic E-state index is 12.7. The molecule has 10 heteroatoms. The number of aromatic amines is 1. The maximum atomic E-state index is 12.7. The summed E-state index contributed by atoms with van der Waals surface area (Å²) in [5, 5.41) is 9.79. The van der Waals surface area contributed by atoms with Gasteiger partial charge in [0.05, 0.1) is 4.90 Å². The van der Waals surface area contributed by atoms with Crippen molar-refractivity contribution < 1.29 is 13.2 Å². The van der Waals surface area contributed by atoms with E-state index < -0.39 is 16.1 Å². The molecule has 1 aromatic heterocycles. The molecule has 30 heavy (non-hydrogen) atoms. The third-order valence-corrected chi connectivity index (χ3v) is 6.11. The van der Waals surface area contributed by atoms with E-state index in [9.17, 15) is 13.2 Å². The van der Waals surface area contributed by atoms with E-state index in [1.807, 2.05) is 26.0 Å². The molecule has 1 aliphatic rings. The Hall–Kier alpha value is -3.53. The third-order valence-electron chi connectivity index (χ3n) is 4.72. The second-order valence-electron chi connectivity index (χ2n) is 7.02. The van der Waals surface area contributed by atoms with Crippen molar-refractivity contribution in [3.63, 3.8) is 0 Å². The van der Waals surface area contributed by atoms with E-state index in [4.69, 9.17) is 0 Å². The highest BCUT2D eigenvalue weighted by Gasteiger charge is 2.31. The summed E-state index contributed by atoms with van der Waals surface area (Å²) in [6.45, 7) is 5.29. The molecule has 0 aliphatic carbocycles. The monoisotopic (exact) mass is 424 g/mol. The van der Waals surface area contributed by atoms with Gasteiger partial charge in [0, 0.05) is 16.8 Å². The molecule has 1 aliphatic heterocycles. The van der Waals surface area contributed by atoms with Crippen LogP contribution in [0.5, 0.6) is 0 Å². The maximum Gasteiger partial charge on any atom is 0.263 e. The number of carbonyl (C=O) groups is 1. The SMILES string of the molecule is Cc1nc(-c2ccc(C)c(NC(=O)[C@H](C)N=C3NS(=O)(=O)c4ccccc43)c2)n[nH]1. The Kier molecular flexibility index (Phi) is 4.86. The number of rotatable bonds is 4. The second-order valence-corrected chi connectivity index (χ2v) is 8.67. The standard InChI is InChI=1S/C20H20N6O3S/c1-11-8-9-14(18-22-13(3)24-25-18)10-16(11)23-20(27)12(2)21-19-15-6-4-5-7-17(15)30(28,29)26-19/h4-10,12H,1-3H3,(H,21,26)(H,23,27)(H,22,24,25)/t12-/m0/s1. The molecule has 0 saturated carbocycles. The van der Waals surface area contributed by atoms with Gasteiger partial charge in [-0.2, -0.15) is 5.10 Å². The average Bonchev–Trinajstić information content (AvgIpc) is 3.25. The second kappa shape index (κ2) is 7.38. The highest BCUT2D eigenvalue weighted by atomic mass is 32.2. The molecule has 2 aromatic carbocycles. The number of fused-ring (bicyclic) bond motifs is 1. The third kappa shape index (κ3) is 3.69. The van der Waals surface area contributed by atoms with E-state index in [1.165, 1.54) is 6.07 Å². The van der Waals surface area contributed by atoms with Crippen LogP contribution in [0.2, 0.25) is 0 Å². The zero-order valence-electron chi connectivity index (χ0n) is 16.6. The Balaban J connectivity index is 1.57. The summed E-state index contributed by atoms with van der Waals surface area (Å²) in [5.41, 5.74) is 2.69. The smallest absolute Gasteiger partial charge is 0.263 e. The van der Waals surface area contributed by atoms with Gasteiger partial charge < -0.3 is 5.32 Å². The van der Waals surface area contributed by atoms with Crippen molar-refractivity contribution in [2.45, 2.75) is 31.7 Å². The van der Waals surface area contributed by atoms with Gasteiger partial charge in [0.15, 0.2) is 5.82 Å². The van der Waals surface area contributed by atoms with Crippen molar-refractivity contribution in [2.75, 3.05) is 5.32 Å². The Morgan fingerprint density at radius 1 is 1.17 bits per heavy atom. The van der Waals surface area contributed by atoms with E-state index in [0.29, 0.717) is 22.9 Å². The number of hydrogen-bond donors (Lipinski definition) is 3. The van der Waals surface area contributed by atoms with E-state index in [-0.39, 0.29) is 16.6 Å². The number of aliphatic imine (C=N–C) groups is 1. The molecule has 1 atom stereocenters. The Labute approximate surface area is 173 Å². The Morgan fingerprint density at radius 2 is 1.93 bits per heavy atom. The molecule has 0 bridgehead atoms. The first-order valence-electron chi connectivity index (χ1n) is 9.25. The summed E-state index contributed by atoms with van der Waals surface area (Å²) in [6, 6.07) is 11.2. The molecule has 2 heterocycles. The van der Waals surface area contributed by atoms with Crippen molar-refractivity contribution in [3.05, 3.63) is 59.4 Å². The zero-order valence-corrected chi connectivity index (χ0v) is 17.4. The number of nitrogens with one attached hydrogen (secondary N) is 3. The lowest BCUT2D eigenvalue weighted by Gasteiger charge is -2.12. The minimum Gasteiger partial charge on any atom is -0.324 e. The summed E-state index contributed by atoms with van der Waals surface area (Å²) in [5.74, 6) is 1.03. The van der Waals surface area contributed by atoms with Gasteiger partial charge in [-0.25, -0.2) is 13.4 Å². The van der Waals surface area contributed by atoms with Crippen LogP contribution >= 0.6 is 0 Å². The molecule has 3 N–H and O–H groups in total. The molecule has 1 amide bonds. The van der Waals surface area contributed by atoms with Crippen molar-refractivity contribution >= 4 is 27.5 Å². The molecular weight excluding hydrogens is 404 g/mol. The molecule has 0 fully saturated rings. The van der Waals surface area contributed by atoms with Crippen LogP contribution in [0.15, 0.2) is 52.4 Å². The molecule has 0 spiro atoms. The zero-order chi connectivity index (χ0) is 21.5. The molecule has 9 nitrogen and oxygen atoms in total. The fraction of sp³-hybridized carbons (Fsp3) is 0.200. The predicted octanol–water partition coefficient (Wildman–Crippen LogP) is 2.15. The van der Waals surface area contributed by atoms with Gasteiger partial charge in [0.25, 0.3) is 10.0 Å². The number of nitrogens with zero attached hydrogens (tertiary/aromatic N) is 3. The van der Waals surface area contributed by atoms with Crippen LogP contribution in [0.3, 0.4) is 0 Å². The van der Waals surface area contributed by atoms with Crippen LogP contribution in [0, 0.1) is 13.8 Å². The van der Waals surface area contributed by atoms with Gasteiger partial charge in [-0.1, -0.05) is 24.3 Å². The minimum absolute atomic E-state index is 0.154. The van der Waals surface area contributed by atoms with E-state index in [1.54, 1.807) is 31.2 Å². The number of sulfonamides is 1. The number of hydrogen-bond acceptors (Lipinski definition) is 6. The molecule has 3 aromatic rings. The summed E-state index contributed by atoms with van der Waals surface area (Å²) in [4.78, 5) is 21.5. The fourth-order valence-electron chi connectivity index (χ4n) is 3.09. The van der Waals surface area contributed by atoms with Gasteiger partial charge >= 0.3 is 0 Å². The summed E-state index contributed by atoms with van der Waals surface area (Å²) in [6.07, 6.45) is 0. The van der Waals surface area contributed by atoms with Gasteiger partial charge in [0.2, 0.25) is 5.91 Å². The number of benzene rings is 2. The molecule has 0 saturated heterocycles. The van der Waals surface area contributed by atoms with Crippen molar-refractivity contribution in [1.29, 1.82) is 0 Å². The van der Waals surface area contributed by atoms with Gasteiger partial charge in [-0.15, -0.1) is 0 Å². The highest BCUT2D eigenvalue weighted by molar-refractivity contribution is 7.90. The van der Waals surface area contributed by atoms with Crippen LogP contribution in [0.25, 0.3) is 11.4 Å². The van der Waals surface area contributed by atoms with Gasteiger partial charge in [0.1, 0.15) is 17.7 Å². The number of aryl methyl sites for hydroxylation is 2. The number of anilines is 1. The molecular formula is C20H20N6O3S. The largest absolute Gasteiger partial charge is 0.324 e. The van der Waals surface area contributed by atoms with E-state index in [2.05, 4.69) is 30.2 Å². The van der Waals surface area contributed by atoms with Crippen molar-refractivity contribution in [2.24, 2.45) is 4.99 Å². The predicted molar refractivity (Wildman–Crippen MR) is 113 cm³/mol. The molecule has 4 rings (SSSR count). The average molecular weight is 424 g/mol. The van der Waals surface area contributed by atoms with Crippen molar-refractivity contribution in [3.8, 4) is 11.4 Å². The lowest BCUT2D eigenvalue weighted by molar-refractivity contribution is -0.117.